The van der Waals surface area contributed by atoms with E-state index in [2.05, 4.69) is 25.4 Å². The Morgan fingerprint density at radius 2 is 1.90 bits per heavy atom. The number of anilines is 2. The summed E-state index contributed by atoms with van der Waals surface area (Å²) in [4.78, 5) is 27.0. The first-order valence-corrected chi connectivity index (χ1v) is 10.8. The highest BCUT2D eigenvalue weighted by Gasteiger charge is 2.26. The molecule has 1 N–H and O–H groups in total. The van der Waals surface area contributed by atoms with E-state index in [1.165, 1.54) is 4.90 Å². The highest BCUT2D eigenvalue weighted by atomic mass is 32.2. The number of nitrogens with one attached hydrogen (secondary N) is 1. The Balaban J connectivity index is 1.48. The van der Waals surface area contributed by atoms with Crippen molar-refractivity contribution in [3.8, 4) is 11.3 Å². The van der Waals surface area contributed by atoms with E-state index in [9.17, 15) is 13.2 Å². The third kappa shape index (κ3) is 4.40. The van der Waals surface area contributed by atoms with E-state index >= 15 is 0 Å². The summed E-state index contributed by atoms with van der Waals surface area (Å²) in [7, 11) is -1.22. The zero-order valence-electron chi connectivity index (χ0n) is 15.7. The summed E-state index contributed by atoms with van der Waals surface area (Å²) in [5.74, 6) is 0.132. The lowest BCUT2D eigenvalue weighted by molar-refractivity contribution is 0.0764. The number of hydrogen-bond acceptors (Lipinski definition) is 8. The lowest BCUT2D eigenvalue weighted by atomic mass is 10.2. The third-order valence-electron chi connectivity index (χ3n) is 4.53. The van der Waals surface area contributed by atoms with Gasteiger partial charge in [-0.3, -0.25) is 14.5 Å². The lowest BCUT2D eigenvalue weighted by Gasteiger charge is -2.26. The van der Waals surface area contributed by atoms with Crippen LogP contribution in [0.1, 0.15) is 10.5 Å². The van der Waals surface area contributed by atoms with E-state index in [1.54, 1.807) is 41.5 Å². The molecular formula is C18H19N7O3S. The standard InChI is InChI=1S/C18H19N7O3S/c1-24-12-14(11-21-24)22-18-19-5-4-15(23-18)13-2-3-16(20-10-13)17(26)25-6-8-29(27,28)9-7-25/h2-5,10-12H,6-9H2,1H3,(H,19,22,23). The number of pyridine rings is 1. The molecule has 11 heteroatoms. The van der Waals surface area contributed by atoms with Crippen molar-refractivity contribution in [3.05, 3.63) is 48.7 Å². The minimum Gasteiger partial charge on any atom is -0.335 e. The first-order valence-electron chi connectivity index (χ1n) is 8.94. The number of hydrogen-bond donors (Lipinski definition) is 1. The summed E-state index contributed by atoms with van der Waals surface area (Å²) in [6.07, 6.45) is 6.69. The molecule has 3 aromatic heterocycles. The van der Waals surface area contributed by atoms with Crippen LogP contribution < -0.4 is 5.32 Å². The fourth-order valence-corrected chi connectivity index (χ4v) is 4.15. The van der Waals surface area contributed by atoms with Gasteiger partial charge in [0.25, 0.3) is 5.91 Å². The number of rotatable bonds is 4. The zero-order valence-corrected chi connectivity index (χ0v) is 16.5. The van der Waals surface area contributed by atoms with Crippen LogP contribution in [0.4, 0.5) is 11.6 Å². The molecule has 0 radical (unpaired) electrons. The van der Waals surface area contributed by atoms with Crippen molar-refractivity contribution in [2.75, 3.05) is 29.9 Å². The van der Waals surface area contributed by atoms with Gasteiger partial charge in [0, 0.05) is 44.3 Å². The highest BCUT2D eigenvalue weighted by molar-refractivity contribution is 7.91. The second-order valence-corrected chi connectivity index (χ2v) is 8.97. The van der Waals surface area contributed by atoms with Gasteiger partial charge in [-0.25, -0.2) is 18.4 Å². The highest BCUT2D eigenvalue weighted by Crippen LogP contribution is 2.19. The van der Waals surface area contributed by atoms with Gasteiger partial charge in [0.2, 0.25) is 5.95 Å². The van der Waals surface area contributed by atoms with Crippen LogP contribution in [0.5, 0.6) is 0 Å². The minimum absolute atomic E-state index is 0.00945. The van der Waals surface area contributed by atoms with Gasteiger partial charge >= 0.3 is 0 Å². The van der Waals surface area contributed by atoms with Gasteiger partial charge in [-0.1, -0.05) is 0 Å². The van der Waals surface area contributed by atoms with E-state index in [0.29, 0.717) is 11.6 Å². The number of aromatic nitrogens is 5. The molecule has 0 aliphatic carbocycles. The van der Waals surface area contributed by atoms with Crippen LogP contribution in [0.25, 0.3) is 11.3 Å². The van der Waals surface area contributed by atoms with E-state index in [4.69, 9.17) is 0 Å². The Kier molecular flexibility index (Phi) is 4.97. The van der Waals surface area contributed by atoms with Crippen LogP contribution >= 0.6 is 0 Å². The molecular weight excluding hydrogens is 394 g/mol. The normalized spacial score (nSPS) is 15.8. The van der Waals surface area contributed by atoms with Crippen molar-refractivity contribution in [1.82, 2.24) is 29.6 Å². The van der Waals surface area contributed by atoms with Crippen LogP contribution in [0.15, 0.2) is 43.0 Å². The number of amides is 1. The molecule has 1 aliphatic heterocycles. The molecule has 150 valence electrons. The molecule has 1 saturated heterocycles. The first-order chi connectivity index (χ1) is 13.9. The Morgan fingerprint density at radius 3 is 2.55 bits per heavy atom. The predicted octanol–water partition coefficient (Wildman–Crippen LogP) is 0.886. The molecule has 0 bridgehead atoms. The van der Waals surface area contributed by atoms with Gasteiger partial charge in [-0.05, 0) is 18.2 Å². The van der Waals surface area contributed by atoms with E-state index in [1.807, 2.05) is 13.2 Å². The second-order valence-electron chi connectivity index (χ2n) is 6.67. The van der Waals surface area contributed by atoms with Crippen molar-refractivity contribution in [1.29, 1.82) is 0 Å². The van der Waals surface area contributed by atoms with Gasteiger partial charge in [-0.2, -0.15) is 5.10 Å². The van der Waals surface area contributed by atoms with E-state index in [0.717, 1.165) is 11.3 Å². The average molecular weight is 413 g/mol. The van der Waals surface area contributed by atoms with Gasteiger partial charge in [0.15, 0.2) is 9.84 Å². The minimum atomic E-state index is -3.04. The van der Waals surface area contributed by atoms with E-state index < -0.39 is 9.84 Å². The number of nitrogens with zero attached hydrogens (tertiary/aromatic N) is 6. The third-order valence-corrected chi connectivity index (χ3v) is 6.14. The van der Waals surface area contributed by atoms with Crippen molar-refractivity contribution in [2.24, 2.45) is 7.05 Å². The number of carbonyl (C=O) groups excluding carboxylic acids is 1. The molecule has 10 nitrogen and oxygen atoms in total. The first kappa shape index (κ1) is 19.0. The largest absolute Gasteiger partial charge is 0.335 e. The molecule has 0 spiro atoms. The fraction of sp³-hybridized carbons (Fsp3) is 0.278. The quantitative estimate of drug-likeness (QED) is 0.669. The number of carbonyl (C=O) groups is 1. The topological polar surface area (TPSA) is 123 Å². The molecule has 29 heavy (non-hydrogen) atoms. The summed E-state index contributed by atoms with van der Waals surface area (Å²) in [5.41, 5.74) is 2.43. The van der Waals surface area contributed by atoms with Crippen molar-refractivity contribution >= 4 is 27.4 Å². The van der Waals surface area contributed by atoms with Crippen LogP contribution in [-0.2, 0) is 16.9 Å². The monoisotopic (exact) mass is 413 g/mol. The Bertz CT molecular complexity index is 1130. The summed E-state index contributed by atoms with van der Waals surface area (Å²) >= 11 is 0. The van der Waals surface area contributed by atoms with Crippen molar-refractivity contribution in [2.45, 2.75) is 0 Å². The predicted molar refractivity (Wildman–Crippen MR) is 106 cm³/mol. The van der Waals surface area contributed by atoms with Crippen LogP contribution in [0.3, 0.4) is 0 Å². The number of aryl methyl sites for hydroxylation is 1. The molecule has 1 amide bonds. The smallest absolute Gasteiger partial charge is 0.272 e. The molecule has 3 aromatic rings. The fourth-order valence-electron chi connectivity index (χ4n) is 2.94. The Morgan fingerprint density at radius 1 is 1.10 bits per heavy atom. The molecule has 0 atom stereocenters. The molecule has 4 heterocycles. The van der Waals surface area contributed by atoms with Gasteiger partial charge < -0.3 is 10.2 Å². The molecule has 4 rings (SSSR count). The van der Waals surface area contributed by atoms with Crippen molar-refractivity contribution < 1.29 is 13.2 Å². The SMILES string of the molecule is Cn1cc(Nc2nccc(-c3ccc(C(=O)N4CCS(=O)(=O)CC4)nc3)n2)cn1. The molecule has 0 saturated carbocycles. The molecule has 0 unspecified atom stereocenters. The van der Waals surface area contributed by atoms with Crippen molar-refractivity contribution in [3.63, 3.8) is 0 Å². The summed E-state index contributed by atoms with van der Waals surface area (Å²) in [5, 5.41) is 7.16. The molecule has 0 aromatic carbocycles. The van der Waals surface area contributed by atoms with Gasteiger partial charge in [0.05, 0.1) is 29.1 Å². The van der Waals surface area contributed by atoms with Crippen LogP contribution in [0, 0.1) is 0 Å². The maximum absolute atomic E-state index is 12.5. The zero-order chi connectivity index (χ0) is 20.4. The second kappa shape index (κ2) is 7.59. The maximum atomic E-state index is 12.5. The summed E-state index contributed by atoms with van der Waals surface area (Å²) in [6, 6.07) is 5.14. The average Bonchev–Trinajstić information content (AvgIpc) is 3.12. The molecule has 1 aliphatic rings. The maximum Gasteiger partial charge on any atom is 0.272 e. The van der Waals surface area contributed by atoms with Crippen LogP contribution in [-0.4, -0.2) is 68.6 Å². The Hall–Kier alpha value is -3.34. The summed E-state index contributed by atoms with van der Waals surface area (Å²) in [6.45, 7) is 0.389. The number of sulfone groups is 1. The van der Waals surface area contributed by atoms with Gasteiger partial charge in [-0.15, -0.1) is 0 Å². The Labute approximate surface area is 167 Å². The van der Waals surface area contributed by atoms with Crippen LogP contribution in [0.2, 0.25) is 0 Å². The van der Waals surface area contributed by atoms with Gasteiger partial charge in [0.1, 0.15) is 5.69 Å². The lowest BCUT2D eigenvalue weighted by Crippen LogP contribution is -2.43. The summed E-state index contributed by atoms with van der Waals surface area (Å²) < 4.78 is 24.7. The van der Waals surface area contributed by atoms with E-state index in [-0.39, 0.29) is 36.2 Å². The molecule has 1 fully saturated rings.